The lowest BCUT2D eigenvalue weighted by atomic mass is 10.1. The third-order valence-corrected chi connectivity index (χ3v) is 10.2. The van der Waals surface area contributed by atoms with Crippen molar-refractivity contribution in [1.82, 2.24) is 39.0 Å². The standard InChI is InChI=1S/C20H23BF2N10O9P2S/c21-43(35)37-1-6-13(9(23)19(39-6)33-5-29-11-16(33)30-20(25)31-17(11)34)42-44(36,45)38-2-7-12(41-43)8(22)18(40-7)32-4-28-10-14(24)26-3-27-15(10)32/h3-9,12-13,18-19H,1-2,21H2,(H,36,45)(H2,24,26,27)(H3,25,30,31,34)/t6-,7-,8?,9?,12?,13?,18-,19-,43+,44-/m1/s1. The van der Waals surface area contributed by atoms with Crippen LogP contribution < -0.4 is 17.0 Å². The predicted molar refractivity (Wildman–Crippen MR) is 154 cm³/mol. The summed E-state index contributed by atoms with van der Waals surface area (Å²) < 4.78 is 94.8. The number of aromatic amines is 1. The van der Waals surface area contributed by atoms with E-state index in [2.05, 4.69) is 42.2 Å². The van der Waals surface area contributed by atoms with Crippen LogP contribution in [0.25, 0.3) is 22.3 Å². The van der Waals surface area contributed by atoms with Gasteiger partial charge in [0.05, 0.1) is 25.9 Å². The lowest BCUT2D eigenvalue weighted by Crippen LogP contribution is -2.37. The van der Waals surface area contributed by atoms with E-state index < -0.39 is 82.3 Å². The van der Waals surface area contributed by atoms with Gasteiger partial charge in [0.15, 0.2) is 47.4 Å². The lowest BCUT2D eigenvalue weighted by Gasteiger charge is -2.29. The Morgan fingerprint density at radius 3 is 2.20 bits per heavy atom. The van der Waals surface area contributed by atoms with Gasteiger partial charge in [0, 0.05) is 0 Å². The number of hydrogen-bond acceptors (Lipinski definition) is 16. The van der Waals surface area contributed by atoms with Gasteiger partial charge >= 0.3 is 6.80 Å². The number of fused-ring (bicyclic) bond motifs is 4. The fourth-order valence-electron chi connectivity index (χ4n) is 5.35. The number of nitrogen functional groups attached to an aromatic ring is 2. The summed E-state index contributed by atoms with van der Waals surface area (Å²) in [7, 11) is -3.04. The molecule has 0 bridgehead atoms. The summed E-state index contributed by atoms with van der Waals surface area (Å²) >= 11 is 3.98. The number of nitrogens with zero attached hydrogens (tertiary/aromatic N) is 7. The van der Waals surface area contributed by atoms with Gasteiger partial charge in [-0.25, -0.2) is 33.3 Å². The first-order valence-electron chi connectivity index (χ1n) is 13.1. The number of thiol groups is 1. The normalized spacial score (nSPS) is 37.7. The van der Waals surface area contributed by atoms with Crippen LogP contribution in [0.15, 0.2) is 23.8 Å². The zero-order valence-electron chi connectivity index (χ0n) is 22.8. The molecule has 19 nitrogen and oxygen atoms in total. The average Bonchev–Trinajstić information content (AvgIpc) is 3.72. The Kier molecular flexibility index (Phi) is 7.53. The maximum Gasteiger partial charge on any atom is 0.386 e. The van der Waals surface area contributed by atoms with E-state index in [-0.39, 0.29) is 34.1 Å². The molecule has 45 heavy (non-hydrogen) atoms. The Hall–Kier alpha value is -3.01. The second-order valence-electron chi connectivity index (χ2n) is 10.3. The van der Waals surface area contributed by atoms with Crippen LogP contribution in [0.1, 0.15) is 12.5 Å². The summed E-state index contributed by atoms with van der Waals surface area (Å²) in [5.74, 6) is -0.208. The van der Waals surface area contributed by atoms with Gasteiger partial charge in [-0.05, 0) is 0 Å². The van der Waals surface area contributed by atoms with Crippen molar-refractivity contribution in [1.29, 1.82) is 0 Å². The number of nitrogens with two attached hydrogens (primary N) is 2. The molecule has 0 radical (unpaired) electrons. The molecule has 3 aliphatic rings. The number of nitrogens with one attached hydrogen (secondary N) is 1. The molecule has 0 spiro atoms. The molecule has 3 aliphatic heterocycles. The SMILES string of the molecule is B[P@]1(=O)OC[C@H]2O[C@@H](n3cnc4c(=O)[nH]c(N)nc43)C(F)C2O[P@](=O)(S)OC[C@H]2O[C@@H](n3cnc4c(N)ncnc43)C(F)C2O1. The number of aromatic nitrogens is 8. The Morgan fingerprint density at radius 2 is 1.51 bits per heavy atom. The number of halogens is 2. The van der Waals surface area contributed by atoms with Crippen molar-refractivity contribution in [3.63, 3.8) is 0 Å². The largest absolute Gasteiger partial charge is 0.386 e. The third-order valence-electron chi connectivity index (χ3n) is 7.36. The van der Waals surface area contributed by atoms with Gasteiger partial charge in [-0.1, -0.05) is 12.2 Å². The fraction of sp³-hybridized carbons (Fsp3) is 0.500. The molecule has 4 unspecified atom stereocenters. The second kappa shape index (κ2) is 11.1. The van der Waals surface area contributed by atoms with Crippen molar-refractivity contribution in [3.8, 4) is 0 Å². The van der Waals surface area contributed by atoms with E-state index in [9.17, 15) is 13.9 Å². The minimum atomic E-state index is -4.42. The van der Waals surface area contributed by atoms with Gasteiger partial charge in [0.25, 0.3) is 20.6 Å². The number of ether oxygens (including phenoxy) is 2. The molecular weight excluding hydrogens is 667 g/mol. The number of imidazole rings is 2. The highest BCUT2D eigenvalue weighted by Gasteiger charge is 2.54. The predicted octanol–water partition coefficient (Wildman–Crippen LogP) is 0.191. The van der Waals surface area contributed by atoms with Gasteiger partial charge in [-0.15, -0.1) is 0 Å². The molecule has 7 rings (SSSR count). The van der Waals surface area contributed by atoms with Crippen LogP contribution in [0.3, 0.4) is 0 Å². The minimum Gasteiger partial charge on any atom is -0.382 e. The Morgan fingerprint density at radius 1 is 0.911 bits per heavy atom. The molecule has 0 amide bonds. The Labute approximate surface area is 255 Å². The molecule has 25 heteroatoms. The Balaban J connectivity index is 1.17. The molecule has 10 atom stereocenters. The molecule has 3 fully saturated rings. The van der Waals surface area contributed by atoms with Crippen LogP contribution in [-0.4, -0.2) is 96.6 Å². The summed E-state index contributed by atoms with van der Waals surface area (Å²) in [6.45, 7) is -5.70. The topological polar surface area (TPSA) is 249 Å². The molecule has 240 valence electrons. The van der Waals surface area contributed by atoms with Crippen molar-refractivity contribution >= 4 is 68.2 Å². The molecule has 5 N–H and O–H groups in total. The van der Waals surface area contributed by atoms with Crippen molar-refractivity contribution in [2.45, 2.75) is 49.2 Å². The van der Waals surface area contributed by atoms with Crippen LogP contribution in [0.5, 0.6) is 0 Å². The average molecular weight is 690 g/mol. The number of hydrogen-bond donors (Lipinski definition) is 4. The monoisotopic (exact) mass is 690 g/mol. The van der Waals surface area contributed by atoms with Gasteiger partial charge in [-0.3, -0.25) is 32.5 Å². The van der Waals surface area contributed by atoms with E-state index >= 15 is 8.78 Å². The number of rotatable bonds is 2. The molecule has 4 aromatic heterocycles. The molecule has 0 aliphatic carbocycles. The third kappa shape index (κ3) is 5.45. The van der Waals surface area contributed by atoms with Crippen LogP contribution in [0.4, 0.5) is 20.5 Å². The first-order valence-corrected chi connectivity index (χ1v) is 17.8. The van der Waals surface area contributed by atoms with Gasteiger partial charge in [0.2, 0.25) is 5.95 Å². The maximum atomic E-state index is 16.0. The van der Waals surface area contributed by atoms with Gasteiger partial charge in [0.1, 0.15) is 36.3 Å². The summed E-state index contributed by atoms with van der Waals surface area (Å²) in [5, 5.41) is 0. The highest BCUT2D eigenvalue weighted by atomic mass is 32.7. The Bertz CT molecular complexity index is 1950. The summed E-state index contributed by atoms with van der Waals surface area (Å²) in [5.41, 5.74) is 10.9. The second-order valence-corrected chi connectivity index (χ2v) is 15.2. The van der Waals surface area contributed by atoms with Crippen LogP contribution in [0.2, 0.25) is 0 Å². The zero-order chi connectivity index (χ0) is 31.8. The molecule has 3 saturated heterocycles. The fourth-order valence-corrected chi connectivity index (χ4v) is 8.01. The number of anilines is 2. The molecule has 0 aromatic carbocycles. The summed E-state index contributed by atoms with van der Waals surface area (Å²) in [4.78, 5) is 34.5. The highest BCUT2D eigenvalue weighted by Crippen LogP contribution is 2.58. The van der Waals surface area contributed by atoms with E-state index in [1.807, 2.05) is 0 Å². The molecule has 4 aromatic rings. The quantitative estimate of drug-likeness (QED) is 0.125. The molecular formula is C20H23BF2N10O9P2S. The van der Waals surface area contributed by atoms with E-state index in [1.165, 1.54) is 10.9 Å². The van der Waals surface area contributed by atoms with E-state index in [4.69, 9.17) is 39.0 Å². The molecule has 7 heterocycles. The van der Waals surface area contributed by atoms with Crippen molar-refractivity contribution in [3.05, 3.63) is 29.3 Å². The minimum absolute atomic E-state index is 0.0503. The van der Waals surface area contributed by atoms with Crippen LogP contribution in [0, 0.1) is 0 Å². The zero-order valence-corrected chi connectivity index (χ0v) is 25.5. The first-order chi connectivity index (χ1) is 21.3. The van der Waals surface area contributed by atoms with Crippen molar-refractivity contribution < 1.29 is 45.5 Å². The van der Waals surface area contributed by atoms with Crippen LogP contribution >= 0.6 is 26.5 Å². The summed E-state index contributed by atoms with van der Waals surface area (Å²) in [6, 6.07) is 0. The van der Waals surface area contributed by atoms with E-state index in [1.54, 1.807) is 0 Å². The van der Waals surface area contributed by atoms with Crippen molar-refractivity contribution in [2.24, 2.45) is 0 Å². The first kappa shape index (κ1) is 30.6. The number of H-pyrrole nitrogens is 1. The number of alkyl halides is 2. The van der Waals surface area contributed by atoms with Crippen LogP contribution in [-0.2, 0) is 36.7 Å². The van der Waals surface area contributed by atoms with Gasteiger partial charge in [-0.2, -0.15) is 4.98 Å². The highest BCUT2D eigenvalue weighted by molar-refractivity contribution is 8.44. The maximum absolute atomic E-state index is 16.0. The van der Waals surface area contributed by atoms with E-state index in [0.29, 0.717) is 0 Å². The van der Waals surface area contributed by atoms with Crippen molar-refractivity contribution in [2.75, 3.05) is 24.7 Å². The molecule has 0 saturated carbocycles. The summed E-state index contributed by atoms with van der Waals surface area (Å²) in [6.07, 6.45) is -9.53. The lowest BCUT2D eigenvalue weighted by molar-refractivity contribution is -0.0546. The van der Waals surface area contributed by atoms with E-state index in [0.717, 1.165) is 24.8 Å². The smallest absolute Gasteiger partial charge is 0.382 e. The van der Waals surface area contributed by atoms with Gasteiger partial charge < -0.3 is 30.0 Å².